The first-order chi connectivity index (χ1) is 39.6. The summed E-state index contributed by atoms with van der Waals surface area (Å²) >= 11 is 0. The highest BCUT2D eigenvalue weighted by Crippen LogP contribution is 2.17. The number of ether oxygens (including phenoxy) is 18. The fourth-order valence-corrected chi connectivity index (χ4v) is 7.06. The lowest BCUT2D eigenvalue weighted by molar-refractivity contribution is -0.180. The Morgan fingerprint density at radius 2 is 0.500 bits per heavy atom. The molecule has 0 aromatic rings. The molecule has 0 bridgehead atoms. The second-order valence-electron chi connectivity index (χ2n) is 17.9. The molecule has 26 heteroatoms. The lowest BCUT2D eigenvalue weighted by Gasteiger charge is -2.34. The van der Waals surface area contributed by atoms with Gasteiger partial charge in [-0.25, -0.2) is 0 Å². The molecule has 26 nitrogen and oxygen atoms in total. The third-order valence-electron chi connectivity index (χ3n) is 11.3. The average Bonchev–Trinajstić information content (AvgIpc) is 3.47. The molecule has 0 aliphatic rings. The predicted molar refractivity (Wildman–Crippen MR) is 307 cm³/mol. The van der Waals surface area contributed by atoms with Gasteiger partial charge in [0.2, 0.25) is 0 Å². The van der Waals surface area contributed by atoms with E-state index in [0.29, 0.717) is 231 Å². The van der Waals surface area contributed by atoms with E-state index >= 15 is 0 Å². The standard InChI is InChI=1S/C54H118N8O18/c1-5-63-45-59-19-29-73-43-50(76-31-21-61-47-65-7-3)53(79-32-22-62-48-66-8-4)49(75-30-20-60-46-64-6-2)41-71-23-9-10-24-72-42-51(77-38-35-68-26-12-16-56)54(80-40-37-70-28-14-18-58)52(78-39-36-69-27-13-17-57)44-74-34-33-67-25-11-15-55/h49-54,59-62H,5-48,55-58H2,1-4H3. The molecule has 6 atom stereocenters. The first kappa shape index (κ1) is 79.0. The van der Waals surface area contributed by atoms with Crippen molar-refractivity contribution in [3.63, 3.8) is 0 Å². The van der Waals surface area contributed by atoms with Gasteiger partial charge in [0, 0.05) is 92.2 Å². The molecule has 0 aromatic heterocycles. The van der Waals surface area contributed by atoms with Crippen molar-refractivity contribution in [1.82, 2.24) is 21.3 Å². The molecule has 482 valence electrons. The Morgan fingerprint density at radius 1 is 0.250 bits per heavy atom. The summed E-state index contributed by atoms with van der Waals surface area (Å²) in [5, 5.41) is 13.0. The van der Waals surface area contributed by atoms with Gasteiger partial charge in [-0.05, 0) is 92.4 Å². The Hall–Kier alpha value is -1.04. The van der Waals surface area contributed by atoms with Crippen LogP contribution in [0, 0.1) is 0 Å². The van der Waals surface area contributed by atoms with Crippen molar-refractivity contribution in [2.45, 2.75) is 103 Å². The Kier molecular flexibility index (Phi) is 66.2. The lowest BCUT2D eigenvalue weighted by Crippen LogP contribution is -2.49. The van der Waals surface area contributed by atoms with Crippen molar-refractivity contribution >= 4 is 0 Å². The van der Waals surface area contributed by atoms with Crippen molar-refractivity contribution in [3.8, 4) is 0 Å². The first-order valence-corrected chi connectivity index (χ1v) is 29.8. The largest absolute Gasteiger partial charge is 0.379 e. The minimum Gasteiger partial charge on any atom is -0.379 e. The van der Waals surface area contributed by atoms with Crippen LogP contribution in [0.1, 0.15) is 66.2 Å². The molecule has 0 saturated heterocycles. The summed E-state index contributed by atoms with van der Waals surface area (Å²) in [6.07, 6.45) is 1.08. The van der Waals surface area contributed by atoms with E-state index in [9.17, 15) is 0 Å². The normalized spacial score (nSPS) is 14.2. The maximum atomic E-state index is 6.64. The first-order valence-electron chi connectivity index (χ1n) is 29.8. The van der Waals surface area contributed by atoms with Gasteiger partial charge in [0.15, 0.2) is 0 Å². The monoisotopic (exact) mass is 1170 g/mol. The highest BCUT2D eigenvalue weighted by Gasteiger charge is 2.34. The van der Waals surface area contributed by atoms with Crippen LogP contribution in [0.25, 0.3) is 0 Å². The molecule has 0 aliphatic carbocycles. The summed E-state index contributed by atoms with van der Waals surface area (Å²) in [5.41, 5.74) is 22.8. The molecule has 0 radical (unpaired) electrons. The van der Waals surface area contributed by atoms with Crippen LogP contribution in [0.2, 0.25) is 0 Å². The second-order valence-corrected chi connectivity index (χ2v) is 17.9. The number of unbranched alkanes of at least 4 members (excludes halogenated alkanes) is 1. The molecule has 0 aromatic carbocycles. The van der Waals surface area contributed by atoms with Crippen LogP contribution in [-0.2, 0) is 85.3 Å². The zero-order valence-electron chi connectivity index (χ0n) is 50.2. The van der Waals surface area contributed by atoms with Gasteiger partial charge in [-0.3, -0.25) is 21.3 Å². The molecule has 0 heterocycles. The molecule has 0 fully saturated rings. The van der Waals surface area contributed by atoms with Crippen molar-refractivity contribution in [3.05, 3.63) is 0 Å². The number of rotatable bonds is 71. The molecule has 6 unspecified atom stereocenters. The number of nitrogens with two attached hydrogens (primary N) is 4. The Labute approximate surface area is 482 Å². The van der Waals surface area contributed by atoms with E-state index in [1.807, 2.05) is 27.7 Å². The molecule has 0 saturated carbocycles. The molecule has 80 heavy (non-hydrogen) atoms. The van der Waals surface area contributed by atoms with Crippen LogP contribution in [0.3, 0.4) is 0 Å². The Balaban J connectivity index is 6.32. The summed E-state index contributed by atoms with van der Waals surface area (Å²) in [6, 6.07) is 0. The van der Waals surface area contributed by atoms with Crippen molar-refractivity contribution < 1.29 is 85.3 Å². The quantitative estimate of drug-likeness (QED) is 0.0292. The van der Waals surface area contributed by atoms with E-state index in [1.54, 1.807) is 0 Å². The molecular formula is C54H118N8O18. The van der Waals surface area contributed by atoms with E-state index in [-0.39, 0.29) is 33.0 Å². The minimum absolute atomic E-state index is 0.204. The summed E-state index contributed by atoms with van der Waals surface area (Å²) < 4.78 is 110. The van der Waals surface area contributed by atoms with Crippen LogP contribution in [-0.4, -0.2) is 288 Å². The van der Waals surface area contributed by atoms with E-state index < -0.39 is 36.6 Å². The zero-order chi connectivity index (χ0) is 58.1. The van der Waals surface area contributed by atoms with E-state index in [4.69, 9.17) is 108 Å². The molecule has 12 N–H and O–H groups in total. The highest BCUT2D eigenvalue weighted by molar-refractivity contribution is 4.82. The molecule has 0 amide bonds. The van der Waals surface area contributed by atoms with Gasteiger partial charge in [0.25, 0.3) is 0 Å². The average molecular weight is 1170 g/mol. The Bertz CT molecular complexity index is 1090. The van der Waals surface area contributed by atoms with Gasteiger partial charge < -0.3 is 108 Å². The SMILES string of the molecule is CCOCNCCOCC(OCCNCOCC)C(OCCNCOCC)C(COCCCCOCC(OCCOCCCN)C(OCCOCCCN)C(COCCOCCCN)OCCOCCCN)OCCNCOCC. The highest BCUT2D eigenvalue weighted by atomic mass is 16.6. The number of hydrogen-bond donors (Lipinski definition) is 8. The van der Waals surface area contributed by atoms with Crippen LogP contribution in [0.15, 0.2) is 0 Å². The summed E-state index contributed by atoms with van der Waals surface area (Å²) in [7, 11) is 0. The zero-order valence-corrected chi connectivity index (χ0v) is 50.2. The topological polar surface area (TPSA) is 318 Å². The fraction of sp³-hybridized carbons (Fsp3) is 1.00. The van der Waals surface area contributed by atoms with Crippen LogP contribution in [0.5, 0.6) is 0 Å². The number of nitrogens with one attached hydrogen (secondary N) is 4. The molecule has 0 aliphatic heterocycles. The minimum atomic E-state index is -0.619. The molecule has 0 spiro atoms. The van der Waals surface area contributed by atoms with Gasteiger partial charge in [-0.2, -0.15) is 0 Å². The summed E-state index contributed by atoms with van der Waals surface area (Å²) in [5.74, 6) is 0. The van der Waals surface area contributed by atoms with Crippen molar-refractivity contribution in [1.29, 1.82) is 0 Å². The third kappa shape index (κ3) is 52.5. The van der Waals surface area contributed by atoms with Crippen LogP contribution in [0.4, 0.5) is 0 Å². The van der Waals surface area contributed by atoms with Gasteiger partial charge in [-0.1, -0.05) is 0 Å². The summed E-state index contributed by atoms with van der Waals surface area (Å²) in [6.45, 7) is 24.6. The third-order valence-corrected chi connectivity index (χ3v) is 11.3. The Morgan fingerprint density at radius 3 is 0.850 bits per heavy atom. The van der Waals surface area contributed by atoms with Gasteiger partial charge in [0.05, 0.1) is 133 Å². The van der Waals surface area contributed by atoms with E-state index in [1.165, 1.54) is 0 Å². The smallest absolute Gasteiger partial charge is 0.114 e. The van der Waals surface area contributed by atoms with Crippen LogP contribution < -0.4 is 44.2 Å². The maximum Gasteiger partial charge on any atom is 0.114 e. The number of hydrogen-bond acceptors (Lipinski definition) is 26. The summed E-state index contributed by atoms with van der Waals surface area (Å²) in [4.78, 5) is 0. The molecular weight excluding hydrogens is 1050 g/mol. The molecule has 0 rings (SSSR count). The van der Waals surface area contributed by atoms with E-state index in [0.717, 1.165) is 25.7 Å². The maximum absolute atomic E-state index is 6.64. The van der Waals surface area contributed by atoms with E-state index in [2.05, 4.69) is 21.3 Å². The van der Waals surface area contributed by atoms with Gasteiger partial charge >= 0.3 is 0 Å². The van der Waals surface area contributed by atoms with Crippen molar-refractivity contribution in [2.24, 2.45) is 22.9 Å². The second kappa shape index (κ2) is 67.1. The van der Waals surface area contributed by atoms with Gasteiger partial charge in [-0.15, -0.1) is 0 Å². The predicted octanol–water partition coefficient (Wildman–Crippen LogP) is -0.0598. The lowest BCUT2D eigenvalue weighted by atomic mass is 10.1. The fourth-order valence-electron chi connectivity index (χ4n) is 7.06. The van der Waals surface area contributed by atoms with Crippen molar-refractivity contribution in [2.75, 3.05) is 251 Å². The van der Waals surface area contributed by atoms with Crippen LogP contribution >= 0.6 is 0 Å². The van der Waals surface area contributed by atoms with Gasteiger partial charge in [0.1, 0.15) is 36.6 Å².